The number of hydrogen-bond donors (Lipinski definition) is 0. The Hall–Kier alpha value is -1.13. The first kappa shape index (κ1) is 15.3. The fourth-order valence-electron chi connectivity index (χ4n) is 1.62. The van der Waals surface area contributed by atoms with E-state index in [0.717, 1.165) is 5.69 Å². The second-order valence-corrected chi connectivity index (χ2v) is 6.87. The molecule has 5 heteroatoms. The quantitative estimate of drug-likeness (QED) is 0.598. The molecular weight excluding hydrogens is 295 g/mol. The lowest BCUT2D eigenvalue weighted by Gasteiger charge is -2.18. The van der Waals surface area contributed by atoms with Gasteiger partial charge in [0.05, 0.1) is 11.4 Å². The van der Waals surface area contributed by atoms with Gasteiger partial charge in [0.1, 0.15) is 16.8 Å². The van der Waals surface area contributed by atoms with Crippen molar-refractivity contribution < 1.29 is 4.39 Å². The molecule has 2 nitrogen and oxygen atoms in total. The van der Waals surface area contributed by atoms with Gasteiger partial charge in [0.25, 0.3) is 0 Å². The van der Waals surface area contributed by atoms with Crippen LogP contribution in [0.5, 0.6) is 0 Å². The number of hydrogen-bond acceptors (Lipinski definition) is 3. The molecule has 0 saturated heterocycles. The van der Waals surface area contributed by atoms with Crippen LogP contribution in [0.1, 0.15) is 32.3 Å². The first-order valence-corrected chi connectivity index (χ1v) is 7.64. The molecule has 2 rings (SSSR count). The normalized spacial score (nSPS) is 11.7. The molecule has 1 aromatic carbocycles. The highest BCUT2D eigenvalue weighted by atomic mass is 35.5. The number of benzene rings is 1. The van der Waals surface area contributed by atoms with Crippen LogP contribution in [0.2, 0.25) is 5.15 Å². The van der Waals surface area contributed by atoms with E-state index in [4.69, 9.17) is 11.6 Å². The molecule has 0 atom stereocenters. The van der Waals surface area contributed by atoms with Crippen molar-refractivity contribution in [3.8, 4) is 0 Å². The van der Waals surface area contributed by atoms with Gasteiger partial charge in [-0.15, -0.1) is 11.8 Å². The van der Waals surface area contributed by atoms with Gasteiger partial charge < -0.3 is 0 Å². The highest BCUT2D eigenvalue weighted by Gasteiger charge is 2.17. The molecular formula is C15H16ClFN2S. The van der Waals surface area contributed by atoms with E-state index < -0.39 is 0 Å². The molecule has 0 amide bonds. The molecule has 20 heavy (non-hydrogen) atoms. The van der Waals surface area contributed by atoms with Gasteiger partial charge in [-0.3, -0.25) is 0 Å². The third-order valence-corrected chi connectivity index (χ3v) is 3.94. The second kappa shape index (κ2) is 6.10. The van der Waals surface area contributed by atoms with Crippen LogP contribution >= 0.6 is 23.4 Å². The van der Waals surface area contributed by atoms with Crippen molar-refractivity contribution in [2.75, 3.05) is 0 Å². The Morgan fingerprint density at radius 2 is 1.90 bits per heavy atom. The summed E-state index contributed by atoms with van der Waals surface area (Å²) in [6.07, 6.45) is 0. The summed E-state index contributed by atoms with van der Waals surface area (Å²) in [5.74, 6) is 0.885. The van der Waals surface area contributed by atoms with Crippen LogP contribution in [0, 0.1) is 5.82 Å². The number of nitrogens with zero attached hydrogens (tertiary/aromatic N) is 2. The van der Waals surface area contributed by atoms with Crippen LogP contribution in [0.25, 0.3) is 0 Å². The summed E-state index contributed by atoms with van der Waals surface area (Å²) >= 11 is 7.40. The predicted molar refractivity (Wildman–Crippen MR) is 81.7 cm³/mol. The number of halogens is 2. The average Bonchev–Trinajstić information content (AvgIpc) is 2.36. The van der Waals surface area contributed by atoms with Gasteiger partial charge in [0, 0.05) is 10.3 Å². The fraction of sp³-hybridized carbons (Fsp3) is 0.333. The third-order valence-electron chi connectivity index (χ3n) is 2.70. The van der Waals surface area contributed by atoms with E-state index in [1.807, 2.05) is 6.07 Å². The molecule has 0 aliphatic carbocycles. The molecule has 1 heterocycles. The van der Waals surface area contributed by atoms with Crippen LogP contribution in [0.15, 0.2) is 35.2 Å². The number of aromatic nitrogens is 2. The van der Waals surface area contributed by atoms with Gasteiger partial charge in [0.2, 0.25) is 0 Å². The molecule has 0 fully saturated rings. The van der Waals surface area contributed by atoms with Crippen LogP contribution in [0.3, 0.4) is 0 Å². The zero-order valence-electron chi connectivity index (χ0n) is 11.7. The highest BCUT2D eigenvalue weighted by Crippen LogP contribution is 2.27. The SMILES string of the molecule is CC(C)(C)c1cc(Cl)nc(CSc2ccccc2F)n1. The summed E-state index contributed by atoms with van der Waals surface area (Å²) in [7, 11) is 0. The Morgan fingerprint density at radius 3 is 2.55 bits per heavy atom. The molecule has 106 valence electrons. The van der Waals surface area contributed by atoms with Crippen molar-refractivity contribution in [3.05, 3.63) is 52.8 Å². The molecule has 0 aliphatic heterocycles. The van der Waals surface area contributed by atoms with Crippen molar-refractivity contribution >= 4 is 23.4 Å². The molecule has 0 spiro atoms. The first-order chi connectivity index (χ1) is 9.36. The molecule has 0 N–H and O–H groups in total. The van der Waals surface area contributed by atoms with Gasteiger partial charge >= 0.3 is 0 Å². The van der Waals surface area contributed by atoms with Crippen molar-refractivity contribution in [2.45, 2.75) is 36.8 Å². The molecule has 2 aromatic rings. The smallest absolute Gasteiger partial charge is 0.140 e. The number of thioether (sulfide) groups is 1. The minimum atomic E-state index is -0.226. The lowest BCUT2D eigenvalue weighted by atomic mass is 9.92. The molecule has 0 bridgehead atoms. The minimum absolute atomic E-state index is 0.0933. The maximum Gasteiger partial charge on any atom is 0.140 e. The summed E-state index contributed by atoms with van der Waals surface area (Å²) in [5.41, 5.74) is 0.797. The van der Waals surface area contributed by atoms with Crippen molar-refractivity contribution in [2.24, 2.45) is 0 Å². The predicted octanol–water partition coefficient (Wildman–Crippen LogP) is 4.86. The van der Waals surface area contributed by atoms with Crippen molar-refractivity contribution in [3.63, 3.8) is 0 Å². The van der Waals surface area contributed by atoms with Crippen LogP contribution < -0.4 is 0 Å². The molecule has 0 aliphatic rings. The fourth-order valence-corrected chi connectivity index (χ4v) is 2.61. The standard InChI is InChI=1S/C15H16ClFN2S/c1-15(2,3)12-8-13(16)19-14(18-12)9-20-11-7-5-4-6-10(11)17/h4-8H,9H2,1-3H3. The lowest BCUT2D eigenvalue weighted by molar-refractivity contribution is 0.564. The summed E-state index contributed by atoms with van der Waals surface area (Å²) in [5, 5.41) is 0.425. The lowest BCUT2D eigenvalue weighted by Crippen LogP contribution is -2.15. The Kier molecular flexibility index (Phi) is 4.66. The maximum atomic E-state index is 13.6. The van der Waals surface area contributed by atoms with E-state index in [-0.39, 0.29) is 11.2 Å². The monoisotopic (exact) mass is 310 g/mol. The van der Waals surface area contributed by atoms with E-state index in [1.54, 1.807) is 18.2 Å². The summed E-state index contributed by atoms with van der Waals surface area (Å²) < 4.78 is 13.6. The van der Waals surface area contributed by atoms with E-state index in [2.05, 4.69) is 30.7 Å². The zero-order chi connectivity index (χ0) is 14.8. The maximum absolute atomic E-state index is 13.6. The molecule has 1 aromatic heterocycles. The largest absolute Gasteiger partial charge is 0.236 e. The Labute approximate surface area is 127 Å². The zero-order valence-corrected chi connectivity index (χ0v) is 13.2. The van der Waals surface area contributed by atoms with E-state index >= 15 is 0 Å². The van der Waals surface area contributed by atoms with Gasteiger partial charge in [-0.1, -0.05) is 44.5 Å². The number of rotatable bonds is 3. The second-order valence-electron chi connectivity index (χ2n) is 5.46. The van der Waals surface area contributed by atoms with Crippen molar-refractivity contribution in [1.29, 1.82) is 0 Å². The van der Waals surface area contributed by atoms with E-state index in [0.29, 0.717) is 21.6 Å². The summed E-state index contributed by atoms with van der Waals surface area (Å²) in [6.45, 7) is 6.21. The van der Waals surface area contributed by atoms with E-state index in [9.17, 15) is 4.39 Å². The van der Waals surface area contributed by atoms with Gasteiger partial charge in [-0.25, -0.2) is 14.4 Å². The van der Waals surface area contributed by atoms with Crippen molar-refractivity contribution in [1.82, 2.24) is 9.97 Å². The Bertz CT molecular complexity index is 611. The van der Waals surface area contributed by atoms with Crippen LogP contribution in [0.4, 0.5) is 4.39 Å². The Balaban J connectivity index is 2.18. The van der Waals surface area contributed by atoms with Gasteiger partial charge in [-0.05, 0) is 18.2 Å². The summed E-state index contributed by atoms with van der Waals surface area (Å²) in [6, 6.07) is 8.45. The summed E-state index contributed by atoms with van der Waals surface area (Å²) in [4.78, 5) is 9.30. The molecule has 0 unspecified atom stereocenters. The minimum Gasteiger partial charge on any atom is -0.236 e. The van der Waals surface area contributed by atoms with Gasteiger partial charge in [-0.2, -0.15) is 0 Å². The average molecular weight is 311 g/mol. The molecule has 0 radical (unpaired) electrons. The topological polar surface area (TPSA) is 25.8 Å². The van der Waals surface area contributed by atoms with Crippen LogP contribution in [-0.4, -0.2) is 9.97 Å². The highest BCUT2D eigenvalue weighted by molar-refractivity contribution is 7.98. The van der Waals surface area contributed by atoms with Crippen LogP contribution in [-0.2, 0) is 11.2 Å². The van der Waals surface area contributed by atoms with Gasteiger partial charge in [0.15, 0.2) is 0 Å². The molecule has 0 saturated carbocycles. The van der Waals surface area contributed by atoms with E-state index in [1.165, 1.54) is 17.8 Å². The third kappa shape index (κ3) is 3.93. The first-order valence-electron chi connectivity index (χ1n) is 6.27. The Morgan fingerprint density at radius 1 is 1.20 bits per heavy atom.